The zero-order chi connectivity index (χ0) is 14.7. The zero-order valence-electron chi connectivity index (χ0n) is 12.6. The number of benzene rings is 1. The highest BCUT2D eigenvalue weighted by Gasteiger charge is 2.35. The van der Waals surface area contributed by atoms with Crippen molar-refractivity contribution < 1.29 is 9.90 Å². The second kappa shape index (κ2) is 6.61. The lowest BCUT2D eigenvalue weighted by Gasteiger charge is -2.25. The molecule has 0 aromatic heterocycles. The molecule has 1 aliphatic carbocycles. The van der Waals surface area contributed by atoms with E-state index in [0.717, 1.165) is 51.6 Å². The average Bonchev–Trinajstić information content (AvgIpc) is 2.80. The van der Waals surface area contributed by atoms with Crippen molar-refractivity contribution in [1.29, 1.82) is 0 Å². The van der Waals surface area contributed by atoms with Gasteiger partial charge in [-0.1, -0.05) is 30.3 Å². The van der Waals surface area contributed by atoms with Crippen molar-refractivity contribution in [3.05, 3.63) is 35.9 Å². The van der Waals surface area contributed by atoms with Crippen molar-refractivity contribution in [2.45, 2.75) is 50.5 Å². The average molecular weight is 287 g/mol. The molecule has 114 valence electrons. The van der Waals surface area contributed by atoms with Gasteiger partial charge >= 0.3 is 0 Å². The summed E-state index contributed by atoms with van der Waals surface area (Å²) < 4.78 is 0. The van der Waals surface area contributed by atoms with E-state index < -0.39 is 6.10 Å². The van der Waals surface area contributed by atoms with Crippen LogP contribution in [0, 0.1) is 5.92 Å². The van der Waals surface area contributed by atoms with Crippen LogP contribution in [0.3, 0.4) is 0 Å². The van der Waals surface area contributed by atoms with E-state index in [4.69, 9.17) is 0 Å². The van der Waals surface area contributed by atoms with E-state index in [1.165, 1.54) is 5.56 Å². The minimum absolute atomic E-state index is 0.140. The Bertz CT molecular complexity index is 473. The first-order chi connectivity index (χ1) is 10.3. The Labute approximate surface area is 127 Å². The van der Waals surface area contributed by atoms with Gasteiger partial charge in [0.25, 0.3) is 0 Å². The van der Waals surface area contributed by atoms with Crippen LogP contribution in [0.2, 0.25) is 0 Å². The zero-order valence-corrected chi connectivity index (χ0v) is 12.6. The van der Waals surface area contributed by atoms with Crippen LogP contribution in [0.1, 0.15) is 50.0 Å². The lowest BCUT2D eigenvalue weighted by molar-refractivity contribution is -0.138. The molecule has 1 aromatic carbocycles. The van der Waals surface area contributed by atoms with Gasteiger partial charge in [0.15, 0.2) is 0 Å². The maximum absolute atomic E-state index is 12.6. The van der Waals surface area contributed by atoms with Crippen molar-refractivity contribution >= 4 is 5.91 Å². The molecule has 1 aliphatic heterocycles. The Morgan fingerprint density at radius 2 is 1.81 bits per heavy atom. The highest BCUT2D eigenvalue weighted by molar-refractivity contribution is 5.79. The highest BCUT2D eigenvalue weighted by atomic mass is 16.3. The first-order valence-electron chi connectivity index (χ1n) is 8.27. The predicted molar refractivity (Wildman–Crippen MR) is 83.0 cm³/mol. The smallest absolute Gasteiger partial charge is 0.228 e. The Morgan fingerprint density at radius 1 is 1.00 bits per heavy atom. The van der Waals surface area contributed by atoms with Gasteiger partial charge in [-0.3, -0.25) is 4.79 Å². The summed E-state index contributed by atoms with van der Waals surface area (Å²) >= 11 is 0. The molecule has 1 aromatic rings. The maximum Gasteiger partial charge on any atom is 0.228 e. The third-order valence-electron chi connectivity index (χ3n) is 5.11. The molecule has 3 heteroatoms. The van der Waals surface area contributed by atoms with Gasteiger partial charge in [0, 0.05) is 13.1 Å². The van der Waals surface area contributed by atoms with Crippen molar-refractivity contribution in [2.24, 2.45) is 5.92 Å². The minimum atomic E-state index is -0.411. The van der Waals surface area contributed by atoms with Crippen LogP contribution in [0.5, 0.6) is 0 Å². The van der Waals surface area contributed by atoms with Crippen LogP contribution < -0.4 is 0 Å². The van der Waals surface area contributed by atoms with E-state index in [2.05, 4.69) is 30.3 Å². The quantitative estimate of drug-likeness (QED) is 0.908. The van der Waals surface area contributed by atoms with Gasteiger partial charge in [-0.2, -0.15) is 0 Å². The second-order valence-electron chi connectivity index (χ2n) is 6.47. The topological polar surface area (TPSA) is 40.5 Å². The molecule has 21 heavy (non-hydrogen) atoms. The summed E-state index contributed by atoms with van der Waals surface area (Å²) in [4.78, 5) is 14.6. The number of likely N-dealkylation sites (tertiary alicyclic amines) is 1. The Kier molecular flexibility index (Phi) is 4.59. The van der Waals surface area contributed by atoms with Gasteiger partial charge in [-0.05, 0) is 50.0 Å². The van der Waals surface area contributed by atoms with Gasteiger partial charge in [0.05, 0.1) is 12.0 Å². The van der Waals surface area contributed by atoms with Crippen molar-refractivity contribution in [2.75, 3.05) is 13.1 Å². The fourth-order valence-corrected chi connectivity index (χ4v) is 3.84. The number of rotatable bonds is 2. The summed E-state index contributed by atoms with van der Waals surface area (Å²) in [6, 6.07) is 10.6. The lowest BCUT2D eigenvalue weighted by Crippen LogP contribution is -2.39. The van der Waals surface area contributed by atoms with Gasteiger partial charge < -0.3 is 10.0 Å². The van der Waals surface area contributed by atoms with E-state index in [-0.39, 0.29) is 11.8 Å². The molecule has 2 fully saturated rings. The number of aliphatic hydroxyl groups is 1. The molecule has 1 N–H and O–H groups in total. The van der Waals surface area contributed by atoms with Crippen LogP contribution in [-0.2, 0) is 4.79 Å². The van der Waals surface area contributed by atoms with E-state index >= 15 is 0 Å². The van der Waals surface area contributed by atoms with E-state index in [0.29, 0.717) is 5.92 Å². The SMILES string of the molecule is O=C(C1CCCC1O)N1CCCC(c2ccccc2)CC1. The Hall–Kier alpha value is -1.35. The molecule has 1 amide bonds. The Balaban J connectivity index is 1.62. The molecular formula is C18H25NO2. The summed E-state index contributed by atoms with van der Waals surface area (Å²) in [7, 11) is 0. The summed E-state index contributed by atoms with van der Waals surface area (Å²) in [5.74, 6) is 0.615. The molecule has 3 atom stereocenters. The molecule has 3 unspecified atom stereocenters. The maximum atomic E-state index is 12.6. The molecular weight excluding hydrogens is 262 g/mol. The molecule has 3 nitrogen and oxygen atoms in total. The van der Waals surface area contributed by atoms with Gasteiger partial charge in [-0.15, -0.1) is 0 Å². The number of amides is 1. The molecule has 1 saturated heterocycles. The van der Waals surface area contributed by atoms with Crippen molar-refractivity contribution in [3.63, 3.8) is 0 Å². The summed E-state index contributed by atoms with van der Waals surface area (Å²) in [5.41, 5.74) is 1.40. The lowest BCUT2D eigenvalue weighted by atomic mass is 9.92. The third-order valence-corrected chi connectivity index (χ3v) is 5.11. The van der Waals surface area contributed by atoms with E-state index in [9.17, 15) is 9.90 Å². The van der Waals surface area contributed by atoms with Crippen LogP contribution >= 0.6 is 0 Å². The molecule has 0 spiro atoms. The number of hydrogen-bond donors (Lipinski definition) is 1. The number of carbonyl (C=O) groups is 1. The fraction of sp³-hybridized carbons (Fsp3) is 0.611. The Morgan fingerprint density at radius 3 is 2.52 bits per heavy atom. The van der Waals surface area contributed by atoms with Gasteiger partial charge in [0.1, 0.15) is 0 Å². The number of hydrogen-bond acceptors (Lipinski definition) is 2. The van der Waals surface area contributed by atoms with Gasteiger partial charge in [0.2, 0.25) is 5.91 Å². The number of nitrogens with zero attached hydrogens (tertiary/aromatic N) is 1. The first kappa shape index (κ1) is 14.6. The highest BCUT2D eigenvalue weighted by Crippen LogP contribution is 2.31. The van der Waals surface area contributed by atoms with Crippen molar-refractivity contribution in [3.8, 4) is 0 Å². The normalized spacial score (nSPS) is 30.1. The summed E-state index contributed by atoms with van der Waals surface area (Å²) in [6.45, 7) is 1.69. The second-order valence-corrected chi connectivity index (χ2v) is 6.47. The molecule has 1 heterocycles. The fourth-order valence-electron chi connectivity index (χ4n) is 3.84. The first-order valence-corrected chi connectivity index (χ1v) is 8.27. The monoisotopic (exact) mass is 287 g/mol. The van der Waals surface area contributed by atoms with Crippen LogP contribution in [0.25, 0.3) is 0 Å². The van der Waals surface area contributed by atoms with Crippen LogP contribution in [0.15, 0.2) is 30.3 Å². The standard InChI is InChI=1S/C18H25NO2/c20-17-10-4-9-16(17)18(21)19-12-5-8-15(11-13-19)14-6-2-1-3-7-14/h1-3,6-7,15-17,20H,4-5,8-13H2. The molecule has 3 rings (SSSR count). The van der Waals surface area contributed by atoms with Gasteiger partial charge in [-0.25, -0.2) is 0 Å². The molecule has 2 aliphatic rings. The van der Waals surface area contributed by atoms with E-state index in [1.807, 2.05) is 4.90 Å². The molecule has 1 saturated carbocycles. The van der Waals surface area contributed by atoms with E-state index in [1.54, 1.807) is 0 Å². The van der Waals surface area contributed by atoms with Crippen molar-refractivity contribution in [1.82, 2.24) is 4.90 Å². The predicted octanol–water partition coefficient (Wildman–Crippen LogP) is 2.94. The minimum Gasteiger partial charge on any atom is -0.392 e. The molecule has 0 radical (unpaired) electrons. The van der Waals surface area contributed by atoms with Crippen LogP contribution in [-0.4, -0.2) is 35.1 Å². The summed E-state index contributed by atoms with van der Waals surface area (Å²) in [6.07, 6.45) is 5.48. The molecule has 0 bridgehead atoms. The largest absolute Gasteiger partial charge is 0.392 e. The number of carbonyl (C=O) groups excluding carboxylic acids is 1. The summed E-state index contributed by atoms with van der Waals surface area (Å²) in [5, 5.41) is 9.94. The van der Waals surface area contributed by atoms with Crippen LogP contribution in [0.4, 0.5) is 0 Å². The third kappa shape index (κ3) is 3.29. The number of aliphatic hydroxyl groups excluding tert-OH is 1.